The third-order valence-electron chi connectivity index (χ3n) is 5.54. The van der Waals surface area contributed by atoms with Crippen LogP contribution in [0.3, 0.4) is 0 Å². The topological polar surface area (TPSA) is 35.5 Å². The lowest BCUT2D eigenvalue weighted by Crippen LogP contribution is -2.66. The summed E-state index contributed by atoms with van der Waals surface area (Å²) in [5.74, 6) is 0.179. The monoisotopic (exact) mass is 382 g/mol. The second kappa shape index (κ2) is 7.99. The standard InChI is InChI=1S/C23H30O3Si/c1-18-17-22(24)26-21(18)15-16-25-27(23(2,3)4,19-11-7-5-8-12-19)20-13-9-6-10-14-20/h5-14,18,21H,15-17H2,1-4H3/t18-,21-/m0/s1. The van der Waals surface area contributed by atoms with Gasteiger partial charge in [-0.15, -0.1) is 0 Å². The molecule has 0 unspecified atom stereocenters. The van der Waals surface area contributed by atoms with E-state index >= 15 is 0 Å². The number of esters is 1. The van der Waals surface area contributed by atoms with Gasteiger partial charge in [-0.3, -0.25) is 4.79 Å². The Kier molecular flexibility index (Phi) is 5.87. The zero-order valence-electron chi connectivity index (χ0n) is 16.8. The number of benzene rings is 2. The summed E-state index contributed by atoms with van der Waals surface area (Å²) in [5, 5.41) is 2.52. The molecule has 0 amide bonds. The van der Waals surface area contributed by atoms with E-state index < -0.39 is 8.32 Å². The molecule has 0 aromatic heterocycles. The lowest BCUT2D eigenvalue weighted by molar-refractivity contribution is -0.141. The van der Waals surface area contributed by atoms with Gasteiger partial charge in [0.2, 0.25) is 0 Å². The normalized spacial score (nSPS) is 20.5. The van der Waals surface area contributed by atoms with Gasteiger partial charge in [0, 0.05) is 18.9 Å². The van der Waals surface area contributed by atoms with Crippen LogP contribution in [0.4, 0.5) is 0 Å². The zero-order chi connectivity index (χ0) is 19.5. The number of carbonyl (C=O) groups excluding carboxylic acids is 1. The molecule has 2 aromatic rings. The van der Waals surface area contributed by atoms with Crippen LogP contribution in [0.15, 0.2) is 60.7 Å². The Hall–Kier alpha value is -1.91. The Morgan fingerprint density at radius 2 is 1.52 bits per heavy atom. The molecule has 1 saturated heterocycles. The van der Waals surface area contributed by atoms with Gasteiger partial charge in [-0.1, -0.05) is 88.4 Å². The minimum atomic E-state index is -2.50. The first-order chi connectivity index (χ1) is 12.8. The molecule has 0 radical (unpaired) electrons. The molecule has 0 bridgehead atoms. The Morgan fingerprint density at radius 3 is 1.93 bits per heavy atom. The maximum atomic E-state index is 11.6. The van der Waals surface area contributed by atoms with E-state index in [4.69, 9.17) is 9.16 Å². The lowest BCUT2D eigenvalue weighted by atomic mass is 10.0. The van der Waals surface area contributed by atoms with Gasteiger partial charge in [-0.25, -0.2) is 0 Å². The number of ether oxygens (including phenoxy) is 1. The summed E-state index contributed by atoms with van der Waals surface area (Å²) in [7, 11) is -2.50. The molecule has 0 saturated carbocycles. The van der Waals surface area contributed by atoms with Crippen molar-refractivity contribution in [2.75, 3.05) is 6.61 Å². The van der Waals surface area contributed by atoms with E-state index in [0.29, 0.717) is 13.0 Å². The summed E-state index contributed by atoms with van der Waals surface area (Å²) in [4.78, 5) is 11.6. The highest BCUT2D eigenvalue weighted by Crippen LogP contribution is 2.37. The van der Waals surface area contributed by atoms with E-state index in [9.17, 15) is 4.79 Å². The molecule has 1 aliphatic rings. The maximum absolute atomic E-state index is 11.6. The van der Waals surface area contributed by atoms with Gasteiger partial charge in [-0.2, -0.15) is 0 Å². The molecule has 1 heterocycles. The smallest absolute Gasteiger partial charge is 0.306 e. The van der Waals surface area contributed by atoms with E-state index in [2.05, 4.69) is 88.4 Å². The fraction of sp³-hybridized carbons (Fsp3) is 0.435. The van der Waals surface area contributed by atoms with E-state index in [-0.39, 0.29) is 23.0 Å². The molecule has 144 valence electrons. The van der Waals surface area contributed by atoms with Gasteiger partial charge in [0.05, 0.1) is 6.42 Å². The second-order valence-corrected chi connectivity index (χ2v) is 12.8. The number of hydrogen-bond donors (Lipinski definition) is 0. The SMILES string of the molecule is C[C@H]1CC(=O)O[C@H]1CCO[Si](c1ccccc1)(c1ccccc1)C(C)(C)C. The molecule has 27 heavy (non-hydrogen) atoms. The largest absolute Gasteiger partial charge is 0.462 e. The number of hydrogen-bond acceptors (Lipinski definition) is 3. The predicted molar refractivity (Wildman–Crippen MR) is 112 cm³/mol. The fourth-order valence-corrected chi connectivity index (χ4v) is 8.74. The summed E-state index contributed by atoms with van der Waals surface area (Å²) in [6, 6.07) is 21.3. The molecule has 0 N–H and O–H groups in total. The van der Waals surface area contributed by atoms with Crippen molar-refractivity contribution in [3.05, 3.63) is 60.7 Å². The van der Waals surface area contributed by atoms with Crippen molar-refractivity contribution in [1.29, 1.82) is 0 Å². The molecular formula is C23H30O3Si. The molecule has 2 aromatic carbocycles. The van der Waals surface area contributed by atoms with Crippen molar-refractivity contribution >= 4 is 24.7 Å². The summed E-state index contributed by atoms with van der Waals surface area (Å²) in [6.07, 6.45) is 1.23. The van der Waals surface area contributed by atoms with Crippen LogP contribution in [0.2, 0.25) is 5.04 Å². The van der Waals surface area contributed by atoms with E-state index in [0.717, 1.165) is 6.42 Å². The Balaban J connectivity index is 1.93. The van der Waals surface area contributed by atoms with Crippen LogP contribution in [0, 0.1) is 5.92 Å². The van der Waals surface area contributed by atoms with Crippen molar-refractivity contribution in [1.82, 2.24) is 0 Å². The van der Waals surface area contributed by atoms with E-state index in [1.54, 1.807) is 0 Å². The Labute approximate surface area is 163 Å². The quantitative estimate of drug-likeness (QED) is 0.561. The summed E-state index contributed by atoms with van der Waals surface area (Å²) >= 11 is 0. The molecular weight excluding hydrogens is 352 g/mol. The van der Waals surface area contributed by atoms with Crippen molar-refractivity contribution in [3.8, 4) is 0 Å². The maximum Gasteiger partial charge on any atom is 0.306 e. The molecule has 2 atom stereocenters. The average molecular weight is 383 g/mol. The van der Waals surface area contributed by atoms with Gasteiger partial charge >= 0.3 is 5.97 Å². The molecule has 0 spiro atoms. The minimum absolute atomic E-state index is 0.0317. The summed E-state index contributed by atoms with van der Waals surface area (Å²) < 4.78 is 12.3. The predicted octanol–water partition coefficient (Wildman–Crippen LogP) is 3.90. The van der Waals surface area contributed by atoms with Gasteiger partial charge in [0.25, 0.3) is 8.32 Å². The highest BCUT2D eigenvalue weighted by molar-refractivity contribution is 6.99. The molecule has 0 aliphatic carbocycles. The Bertz CT molecular complexity index is 713. The van der Waals surface area contributed by atoms with E-state index in [1.807, 2.05) is 0 Å². The first kappa shape index (κ1) is 19.8. The number of carbonyl (C=O) groups is 1. The third kappa shape index (κ3) is 4.02. The highest BCUT2D eigenvalue weighted by Gasteiger charge is 2.50. The van der Waals surface area contributed by atoms with Gasteiger partial charge in [-0.05, 0) is 15.4 Å². The molecule has 1 aliphatic heterocycles. The van der Waals surface area contributed by atoms with Crippen LogP contribution in [0.25, 0.3) is 0 Å². The first-order valence-electron chi connectivity index (χ1n) is 9.79. The minimum Gasteiger partial charge on any atom is -0.462 e. The first-order valence-corrected chi connectivity index (χ1v) is 11.7. The fourth-order valence-electron chi connectivity index (χ4n) is 4.16. The van der Waals surface area contributed by atoms with Crippen LogP contribution in [-0.4, -0.2) is 27.0 Å². The molecule has 3 nitrogen and oxygen atoms in total. The van der Waals surface area contributed by atoms with Crippen LogP contribution < -0.4 is 10.4 Å². The number of rotatable bonds is 6. The van der Waals surface area contributed by atoms with Crippen LogP contribution in [0.5, 0.6) is 0 Å². The zero-order valence-corrected chi connectivity index (χ0v) is 17.8. The molecule has 4 heteroatoms. The van der Waals surface area contributed by atoms with Crippen molar-refractivity contribution in [2.45, 2.75) is 51.7 Å². The van der Waals surface area contributed by atoms with Crippen LogP contribution >= 0.6 is 0 Å². The summed E-state index contributed by atoms with van der Waals surface area (Å²) in [5.41, 5.74) is 0. The third-order valence-corrected chi connectivity index (χ3v) is 10.6. The van der Waals surface area contributed by atoms with E-state index in [1.165, 1.54) is 10.4 Å². The highest BCUT2D eigenvalue weighted by atomic mass is 28.4. The van der Waals surface area contributed by atoms with Gasteiger partial charge < -0.3 is 9.16 Å². The van der Waals surface area contributed by atoms with Gasteiger partial charge in [0.15, 0.2) is 0 Å². The number of cyclic esters (lactones) is 1. The molecule has 3 rings (SSSR count). The second-order valence-electron chi connectivity index (χ2n) is 8.51. The summed E-state index contributed by atoms with van der Waals surface area (Å²) in [6.45, 7) is 9.50. The van der Waals surface area contributed by atoms with Crippen molar-refractivity contribution < 1.29 is 14.0 Å². The molecule has 1 fully saturated rings. The van der Waals surface area contributed by atoms with Crippen LogP contribution in [-0.2, 0) is 14.0 Å². The van der Waals surface area contributed by atoms with Crippen LogP contribution in [0.1, 0.15) is 40.5 Å². The van der Waals surface area contributed by atoms with Gasteiger partial charge in [0.1, 0.15) is 6.10 Å². The average Bonchev–Trinajstić information content (AvgIpc) is 2.96. The Morgan fingerprint density at radius 1 is 1.00 bits per heavy atom. The lowest BCUT2D eigenvalue weighted by Gasteiger charge is -2.43. The van der Waals surface area contributed by atoms with Crippen molar-refractivity contribution in [3.63, 3.8) is 0 Å². The van der Waals surface area contributed by atoms with Crippen molar-refractivity contribution in [2.24, 2.45) is 5.92 Å².